The second-order valence-electron chi connectivity index (χ2n) is 8.56. The monoisotopic (exact) mass is 497 g/mol. The lowest BCUT2D eigenvalue weighted by atomic mass is 10.1. The van der Waals surface area contributed by atoms with E-state index in [9.17, 15) is 9.59 Å². The van der Waals surface area contributed by atoms with Crippen molar-refractivity contribution in [1.29, 1.82) is 0 Å². The molecule has 1 aliphatic rings. The normalized spacial score (nSPS) is 13.0. The number of hydrogen-bond donors (Lipinski definition) is 1. The van der Waals surface area contributed by atoms with Crippen LogP contribution >= 0.6 is 0 Å². The van der Waals surface area contributed by atoms with Crippen molar-refractivity contribution in [2.24, 2.45) is 0 Å². The average molecular weight is 498 g/mol. The van der Waals surface area contributed by atoms with Crippen LogP contribution in [0.2, 0.25) is 0 Å². The zero-order chi connectivity index (χ0) is 25.4. The lowest BCUT2D eigenvalue weighted by molar-refractivity contribution is 0.101. The molecule has 5 aromatic rings. The fourth-order valence-corrected chi connectivity index (χ4v) is 4.42. The third-order valence-electron chi connectivity index (χ3n) is 6.16. The maximum Gasteiger partial charge on any atom is 0.280 e. The van der Waals surface area contributed by atoms with Gasteiger partial charge >= 0.3 is 0 Å². The number of aromatic nitrogens is 4. The molecular weight excluding hydrogens is 474 g/mol. The fraction of sp³-hybridized carbons (Fsp3) is 0.185. The summed E-state index contributed by atoms with van der Waals surface area (Å²) in [5, 5.41) is 5.01. The summed E-state index contributed by atoms with van der Waals surface area (Å²) in [7, 11) is 1.61. The molecule has 10 heteroatoms. The zero-order valence-electron chi connectivity index (χ0n) is 20.0. The second-order valence-corrected chi connectivity index (χ2v) is 8.56. The van der Waals surface area contributed by atoms with E-state index < -0.39 is 11.5 Å². The van der Waals surface area contributed by atoms with E-state index in [1.807, 2.05) is 30.3 Å². The first-order valence-corrected chi connectivity index (χ1v) is 11.8. The number of rotatable bonds is 5. The standard InChI is InChI=1S/C27H23N5O5/c1-35-16-20-24(17-6-3-2-4-7-17)25-28-15-19-21(32(25)29-20)10-11-31(27(19)34)30-26(33)18-8-9-22-23(14-18)37-13-5-12-36-22/h2-4,6-11,14-15H,5,12-13,16H2,1H3,(H,30,33). The summed E-state index contributed by atoms with van der Waals surface area (Å²) < 4.78 is 19.4. The Morgan fingerprint density at radius 2 is 1.89 bits per heavy atom. The molecule has 0 atom stereocenters. The molecule has 10 nitrogen and oxygen atoms in total. The van der Waals surface area contributed by atoms with Crippen molar-refractivity contribution in [3.63, 3.8) is 0 Å². The molecular formula is C27H23N5O5. The highest BCUT2D eigenvalue weighted by atomic mass is 16.5. The Hall–Kier alpha value is -4.70. The third kappa shape index (κ3) is 4.07. The van der Waals surface area contributed by atoms with Crippen LogP contribution in [-0.2, 0) is 11.3 Å². The smallest absolute Gasteiger partial charge is 0.280 e. The van der Waals surface area contributed by atoms with Gasteiger partial charge in [-0.05, 0) is 29.8 Å². The third-order valence-corrected chi connectivity index (χ3v) is 6.16. The van der Waals surface area contributed by atoms with Gasteiger partial charge in [0.2, 0.25) is 0 Å². The number of benzene rings is 2. The SMILES string of the molecule is COCc1nn2c(ncc3c(=O)n(NC(=O)c4ccc5c(c4)OCCCO5)ccc32)c1-c1ccccc1. The molecule has 1 amide bonds. The summed E-state index contributed by atoms with van der Waals surface area (Å²) in [4.78, 5) is 30.8. The minimum Gasteiger partial charge on any atom is -0.490 e. The number of pyridine rings is 1. The van der Waals surface area contributed by atoms with E-state index in [1.165, 1.54) is 12.4 Å². The number of carbonyl (C=O) groups is 1. The van der Waals surface area contributed by atoms with Crippen LogP contribution in [0.5, 0.6) is 11.5 Å². The molecule has 0 saturated heterocycles. The Kier molecular flexibility index (Phi) is 5.78. The van der Waals surface area contributed by atoms with Gasteiger partial charge in [0.15, 0.2) is 17.1 Å². The molecule has 3 aromatic heterocycles. The molecule has 0 aliphatic carbocycles. The van der Waals surface area contributed by atoms with Crippen molar-refractivity contribution < 1.29 is 19.0 Å². The van der Waals surface area contributed by atoms with Crippen molar-refractivity contribution in [2.45, 2.75) is 13.0 Å². The molecule has 0 radical (unpaired) electrons. The largest absolute Gasteiger partial charge is 0.490 e. The number of nitrogens with zero attached hydrogens (tertiary/aromatic N) is 4. The number of methoxy groups -OCH3 is 1. The first-order chi connectivity index (χ1) is 18.1. The highest BCUT2D eigenvalue weighted by Gasteiger charge is 2.19. The highest BCUT2D eigenvalue weighted by Crippen LogP contribution is 2.31. The van der Waals surface area contributed by atoms with Crippen molar-refractivity contribution in [3.05, 3.63) is 88.6 Å². The van der Waals surface area contributed by atoms with Gasteiger partial charge in [0, 0.05) is 31.5 Å². The number of fused-ring (bicyclic) bond motifs is 4. The molecule has 0 bridgehead atoms. The lowest BCUT2D eigenvalue weighted by Crippen LogP contribution is -2.33. The van der Waals surface area contributed by atoms with Crippen LogP contribution in [0, 0.1) is 0 Å². The van der Waals surface area contributed by atoms with Gasteiger partial charge in [0.1, 0.15) is 0 Å². The molecule has 1 aliphatic heterocycles. The summed E-state index contributed by atoms with van der Waals surface area (Å²) in [5.74, 6) is 0.635. The summed E-state index contributed by atoms with van der Waals surface area (Å²) >= 11 is 0. The van der Waals surface area contributed by atoms with Crippen LogP contribution in [0.3, 0.4) is 0 Å². The summed E-state index contributed by atoms with van der Waals surface area (Å²) in [6, 6.07) is 16.5. The molecule has 0 saturated carbocycles. The molecule has 2 aromatic carbocycles. The Labute approximate surface area is 211 Å². The van der Waals surface area contributed by atoms with Crippen LogP contribution in [-0.4, -0.2) is 45.5 Å². The molecule has 0 fully saturated rings. The van der Waals surface area contributed by atoms with Crippen LogP contribution in [0.25, 0.3) is 27.7 Å². The van der Waals surface area contributed by atoms with Gasteiger partial charge in [-0.3, -0.25) is 15.0 Å². The maximum absolute atomic E-state index is 13.3. The van der Waals surface area contributed by atoms with E-state index >= 15 is 0 Å². The fourth-order valence-electron chi connectivity index (χ4n) is 4.42. The van der Waals surface area contributed by atoms with Crippen LogP contribution < -0.4 is 20.5 Å². The molecule has 37 heavy (non-hydrogen) atoms. The quantitative estimate of drug-likeness (QED) is 0.396. The molecule has 0 unspecified atom stereocenters. The van der Waals surface area contributed by atoms with Crippen LogP contribution in [0.4, 0.5) is 0 Å². The predicted molar refractivity (Wildman–Crippen MR) is 137 cm³/mol. The summed E-state index contributed by atoms with van der Waals surface area (Å²) in [6.45, 7) is 1.36. The Balaban J connectivity index is 1.38. The van der Waals surface area contributed by atoms with Gasteiger partial charge in [0.05, 0.1) is 42.0 Å². The number of ether oxygens (including phenoxy) is 3. The van der Waals surface area contributed by atoms with E-state index in [-0.39, 0.29) is 6.61 Å². The van der Waals surface area contributed by atoms with Crippen molar-refractivity contribution in [3.8, 4) is 22.6 Å². The number of amides is 1. The van der Waals surface area contributed by atoms with Gasteiger partial charge in [-0.2, -0.15) is 5.10 Å². The summed E-state index contributed by atoms with van der Waals surface area (Å²) in [5.41, 5.74) is 6.23. The lowest BCUT2D eigenvalue weighted by Gasteiger charge is -2.12. The van der Waals surface area contributed by atoms with Crippen LogP contribution in [0.15, 0.2) is 71.8 Å². The first kappa shape index (κ1) is 22.7. The maximum atomic E-state index is 13.3. The van der Waals surface area contributed by atoms with E-state index in [1.54, 1.807) is 35.9 Å². The average Bonchev–Trinajstić information content (AvgIpc) is 3.12. The van der Waals surface area contributed by atoms with E-state index in [2.05, 4.69) is 10.4 Å². The van der Waals surface area contributed by atoms with E-state index in [0.29, 0.717) is 52.5 Å². The summed E-state index contributed by atoms with van der Waals surface area (Å²) in [6.07, 6.45) is 3.78. The van der Waals surface area contributed by atoms with Crippen LogP contribution in [0.1, 0.15) is 22.5 Å². The number of carbonyl (C=O) groups excluding carboxylic acids is 1. The minimum atomic E-state index is -0.459. The Morgan fingerprint density at radius 1 is 1.08 bits per heavy atom. The molecule has 4 heterocycles. The number of hydrogen-bond acceptors (Lipinski definition) is 7. The van der Waals surface area contributed by atoms with Gasteiger partial charge in [0.25, 0.3) is 11.5 Å². The highest BCUT2D eigenvalue weighted by molar-refractivity contribution is 6.00. The predicted octanol–water partition coefficient (Wildman–Crippen LogP) is 3.40. The minimum absolute atomic E-state index is 0.289. The van der Waals surface area contributed by atoms with Crippen molar-refractivity contribution >= 4 is 22.5 Å². The van der Waals surface area contributed by atoms with E-state index in [0.717, 1.165) is 22.2 Å². The molecule has 6 rings (SSSR count). The molecule has 0 spiro atoms. The topological polar surface area (TPSA) is 109 Å². The van der Waals surface area contributed by atoms with Crippen molar-refractivity contribution in [2.75, 3.05) is 25.7 Å². The van der Waals surface area contributed by atoms with E-state index in [4.69, 9.17) is 19.3 Å². The number of nitrogens with one attached hydrogen (secondary N) is 1. The van der Waals surface area contributed by atoms with Gasteiger partial charge in [-0.25, -0.2) is 14.2 Å². The van der Waals surface area contributed by atoms with Crippen molar-refractivity contribution in [1.82, 2.24) is 19.3 Å². The van der Waals surface area contributed by atoms with Gasteiger partial charge < -0.3 is 14.2 Å². The zero-order valence-corrected chi connectivity index (χ0v) is 20.0. The Morgan fingerprint density at radius 3 is 2.70 bits per heavy atom. The van der Waals surface area contributed by atoms with Gasteiger partial charge in [-0.15, -0.1) is 0 Å². The molecule has 186 valence electrons. The molecule has 1 N–H and O–H groups in total. The van der Waals surface area contributed by atoms with Gasteiger partial charge in [-0.1, -0.05) is 30.3 Å². The first-order valence-electron chi connectivity index (χ1n) is 11.8. The Bertz CT molecular complexity index is 1690. The second kappa shape index (κ2) is 9.40.